The fraction of sp³-hybridized carbons (Fsp3) is 0.333. The summed E-state index contributed by atoms with van der Waals surface area (Å²) in [6.45, 7) is 0.630. The van der Waals surface area contributed by atoms with Crippen LogP contribution in [0.5, 0.6) is 5.75 Å². The van der Waals surface area contributed by atoms with E-state index < -0.39 is 0 Å². The molecule has 2 rings (SSSR count). The van der Waals surface area contributed by atoms with Gasteiger partial charge in [0.1, 0.15) is 5.75 Å². The molecule has 0 bridgehead atoms. The Kier molecular flexibility index (Phi) is 2.37. The van der Waals surface area contributed by atoms with E-state index in [9.17, 15) is 0 Å². The summed E-state index contributed by atoms with van der Waals surface area (Å²) < 4.78 is 5.41. The van der Waals surface area contributed by atoms with E-state index in [2.05, 4.69) is 0 Å². The van der Waals surface area contributed by atoms with Crippen molar-refractivity contribution >= 4 is 23.2 Å². The zero-order valence-electron chi connectivity index (χ0n) is 6.89. The number of benzene rings is 1. The van der Waals surface area contributed by atoms with Gasteiger partial charge in [-0.3, -0.25) is 0 Å². The lowest BCUT2D eigenvalue weighted by Crippen LogP contribution is -2.20. The minimum Gasteiger partial charge on any atom is -0.493 e. The highest BCUT2D eigenvalue weighted by Crippen LogP contribution is 2.38. The van der Waals surface area contributed by atoms with E-state index in [1.807, 2.05) is 0 Å². The van der Waals surface area contributed by atoms with E-state index in [0.29, 0.717) is 16.7 Å². The molecule has 0 saturated carbocycles. The largest absolute Gasteiger partial charge is 0.493 e. The molecule has 0 fully saturated rings. The highest BCUT2D eigenvalue weighted by atomic mass is 35.5. The summed E-state index contributed by atoms with van der Waals surface area (Å²) in [5.74, 6) is 0.719. The molecule has 0 radical (unpaired) electrons. The standard InChI is InChI=1S/C9H9Cl2NO/c10-5-3-6(11)9-7(12)1-2-13-8(9)4-5/h3-4,7H,1-2,12H2. The lowest BCUT2D eigenvalue weighted by Gasteiger charge is -2.24. The topological polar surface area (TPSA) is 35.2 Å². The number of ether oxygens (including phenoxy) is 1. The summed E-state index contributed by atoms with van der Waals surface area (Å²) in [6.07, 6.45) is 0.800. The molecular weight excluding hydrogens is 209 g/mol. The predicted octanol–water partition coefficient (Wildman–Crippen LogP) is 2.78. The van der Waals surface area contributed by atoms with Crippen molar-refractivity contribution in [2.75, 3.05) is 6.61 Å². The number of halogens is 2. The average molecular weight is 218 g/mol. The van der Waals surface area contributed by atoms with Crippen LogP contribution in [0.15, 0.2) is 12.1 Å². The van der Waals surface area contributed by atoms with Gasteiger partial charge in [0, 0.05) is 23.0 Å². The highest BCUT2D eigenvalue weighted by Gasteiger charge is 2.21. The van der Waals surface area contributed by atoms with Crippen LogP contribution in [0, 0.1) is 0 Å². The molecule has 1 aliphatic heterocycles. The summed E-state index contributed by atoms with van der Waals surface area (Å²) in [7, 11) is 0. The molecule has 2 nitrogen and oxygen atoms in total. The molecule has 0 aliphatic carbocycles. The Hall–Kier alpha value is -0.440. The molecule has 1 unspecified atom stereocenters. The Balaban J connectivity index is 2.56. The number of hydrogen-bond acceptors (Lipinski definition) is 2. The van der Waals surface area contributed by atoms with Crippen molar-refractivity contribution in [3.8, 4) is 5.75 Å². The summed E-state index contributed by atoms with van der Waals surface area (Å²) in [6, 6.07) is 3.41. The molecule has 1 aromatic carbocycles. The minimum atomic E-state index is -0.0338. The fourth-order valence-electron chi connectivity index (χ4n) is 1.48. The van der Waals surface area contributed by atoms with Crippen LogP contribution in [0.2, 0.25) is 10.0 Å². The van der Waals surface area contributed by atoms with Gasteiger partial charge in [-0.05, 0) is 12.1 Å². The molecular formula is C9H9Cl2NO. The van der Waals surface area contributed by atoms with E-state index in [4.69, 9.17) is 33.7 Å². The molecule has 4 heteroatoms. The maximum absolute atomic E-state index is 6.00. The smallest absolute Gasteiger partial charge is 0.127 e. The molecule has 0 saturated heterocycles. The number of rotatable bonds is 0. The Bertz CT molecular complexity index is 341. The van der Waals surface area contributed by atoms with Crippen molar-refractivity contribution in [1.29, 1.82) is 0 Å². The van der Waals surface area contributed by atoms with Gasteiger partial charge in [-0.25, -0.2) is 0 Å². The van der Waals surface area contributed by atoms with Gasteiger partial charge in [0.25, 0.3) is 0 Å². The van der Waals surface area contributed by atoms with Gasteiger partial charge in [0.15, 0.2) is 0 Å². The maximum Gasteiger partial charge on any atom is 0.127 e. The number of fused-ring (bicyclic) bond motifs is 1. The molecule has 1 heterocycles. The minimum absolute atomic E-state index is 0.0338. The summed E-state index contributed by atoms with van der Waals surface area (Å²) in [5.41, 5.74) is 6.76. The van der Waals surface area contributed by atoms with Crippen molar-refractivity contribution in [2.45, 2.75) is 12.5 Å². The van der Waals surface area contributed by atoms with Crippen molar-refractivity contribution in [2.24, 2.45) is 5.73 Å². The van der Waals surface area contributed by atoms with Crippen molar-refractivity contribution in [3.63, 3.8) is 0 Å². The van der Waals surface area contributed by atoms with Crippen LogP contribution in [0.1, 0.15) is 18.0 Å². The van der Waals surface area contributed by atoms with E-state index in [0.717, 1.165) is 17.7 Å². The SMILES string of the molecule is NC1CCOc2cc(Cl)cc(Cl)c21. The van der Waals surface area contributed by atoms with Crippen LogP contribution in [0.4, 0.5) is 0 Å². The first-order valence-corrected chi connectivity index (χ1v) is 4.81. The molecule has 0 aromatic heterocycles. The van der Waals surface area contributed by atoms with Crippen molar-refractivity contribution in [3.05, 3.63) is 27.7 Å². The van der Waals surface area contributed by atoms with Crippen LogP contribution in [0.3, 0.4) is 0 Å². The van der Waals surface area contributed by atoms with Gasteiger partial charge in [0.2, 0.25) is 0 Å². The molecule has 1 aliphatic rings. The third kappa shape index (κ3) is 1.62. The number of nitrogens with two attached hydrogens (primary N) is 1. The van der Waals surface area contributed by atoms with Crippen LogP contribution < -0.4 is 10.5 Å². The van der Waals surface area contributed by atoms with Crippen molar-refractivity contribution < 1.29 is 4.74 Å². The molecule has 0 spiro atoms. The summed E-state index contributed by atoms with van der Waals surface area (Å²) >= 11 is 11.8. The van der Waals surface area contributed by atoms with Gasteiger partial charge in [-0.1, -0.05) is 23.2 Å². The molecule has 1 atom stereocenters. The summed E-state index contributed by atoms with van der Waals surface area (Å²) in [4.78, 5) is 0. The zero-order chi connectivity index (χ0) is 9.42. The Morgan fingerprint density at radius 2 is 2.15 bits per heavy atom. The highest BCUT2D eigenvalue weighted by molar-refractivity contribution is 6.35. The van der Waals surface area contributed by atoms with E-state index in [-0.39, 0.29) is 6.04 Å². The van der Waals surface area contributed by atoms with Crippen LogP contribution >= 0.6 is 23.2 Å². The summed E-state index contributed by atoms with van der Waals surface area (Å²) in [5, 5.41) is 1.17. The lowest BCUT2D eigenvalue weighted by atomic mass is 10.0. The average Bonchev–Trinajstić information content (AvgIpc) is 2.02. The van der Waals surface area contributed by atoms with Crippen LogP contribution in [-0.2, 0) is 0 Å². The van der Waals surface area contributed by atoms with Crippen LogP contribution in [0.25, 0.3) is 0 Å². The third-order valence-electron chi connectivity index (χ3n) is 2.11. The molecule has 70 valence electrons. The van der Waals surface area contributed by atoms with Gasteiger partial charge >= 0.3 is 0 Å². The zero-order valence-corrected chi connectivity index (χ0v) is 8.40. The molecule has 13 heavy (non-hydrogen) atoms. The maximum atomic E-state index is 6.00. The fourth-order valence-corrected chi connectivity index (χ4v) is 2.10. The second-order valence-corrected chi connectivity index (χ2v) is 3.89. The first-order chi connectivity index (χ1) is 6.18. The molecule has 2 N–H and O–H groups in total. The van der Waals surface area contributed by atoms with E-state index >= 15 is 0 Å². The third-order valence-corrected chi connectivity index (χ3v) is 2.64. The van der Waals surface area contributed by atoms with Crippen LogP contribution in [-0.4, -0.2) is 6.61 Å². The van der Waals surface area contributed by atoms with Gasteiger partial charge < -0.3 is 10.5 Å². The Morgan fingerprint density at radius 3 is 2.92 bits per heavy atom. The number of hydrogen-bond donors (Lipinski definition) is 1. The first kappa shape index (κ1) is 9.13. The molecule has 1 aromatic rings. The Morgan fingerprint density at radius 1 is 1.38 bits per heavy atom. The van der Waals surface area contributed by atoms with Gasteiger partial charge in [-0.2, -0.15) is 0 Å². The van der Waals surface area contributed by atoms with E-state index in [1.54, 1.807) is 12.1 Å². The lowest BCUT2D eigenvalue weighted by molar-refractivity contribution is 0.269. The van der Waals surface area contributed by atoms with Gasteiger partial charge in [0.05, 0.1) is 11.6 Å². The van der Waals surface area contributed by atoms with Gasteiger partial charge in [-0.15, -0.1) is 0 Å². The van der Waals surface area contributed by atoms with E-state index in [1.165, 1.54) is 0 Å². The second-order valence-electron chi connectivity index (χ2n) is 3.04. The first-order valence-electron chi connectivity index (χ1n) is 4.06. The predicted molar refractivity (Wildman–Crippen MR) is 53.5 cm³/mol. The Labute approximate surface area is 86.6 Å². The monoisotopic (exact) mass is 217 g/mol. The van der Waals surface area contributed by atoms with Crippen molar-refractivity contribution in [1.82, 2.24) is 0 Å². The second kappa shape index (κ2) is 3.37. The quantitative estimate of drug-likeness (QED) is 0.726. The normalized spacial score (nSPS) is 20.7. The molecule has 0 amide bonds.